The molecule has 0 aliphatic carbocycles. The number of methoxy groups -OCH3 is 2. The van der Waals surface area contributed by atoms with E-state index < -0.39 is 0 Å². The number of halogens is 1. The molecule has 0 amide bonds. The Morgan fingerprint density at radius 3 is 2.32 bits per heavy atom. The summed E-state index contributed by atoms with van der Waals surface area (Å²) in [4.78, 5) is 18.3. The zero-order valence-electron chi connectivity index (χ0n) is 15.2. The molecule has 0 unspecified atom stereocenters. The molecular formula is C22H16ClNO3S. The number of benzene rings is 2. The molecular weight excluding hydrogens is 394 g/mol. The zero-order chi connectivity index (χ0) is 19.7. The van der Waals surface area contributed by atoms with Crippen LogP contribution in [0.15, 0.2) is 60.8 Å². The Bertz CT molecular complexity index is 1150. The molecule has 0 spiro atoms. The lowest BCUT2D eigenvalue weighted by atomic mass is 9.98. The van der Waals surface area contributed by atoms with Crippen molar-refractivity contribution in [1.29, 1.82) is 0 Å². The second kappa shape index (κ2) is 7.62. The fraction of sp³-hybridized carbons (Fsp3) is 0.0909. The molecule has 4 rings (SSSR count). The number of aromatic nitrogens is 1. The van der Waals surface area contributed by atoms with Crippen LogP contribution in [0, 0.1) is 0 Å². The van der Waals surface area contributed by atoms with Crippen molar-refractivity contribution in [2.75, 3.05) is 14.2 Å². The number of hydrogen-bond donors (Lipinski definition) is 0. The van der Waals surface area contributed by atoms with E-state index in [2.05, 4.69) is 4.98 Å². The summed E-state index contributed by atoms with van der Waals surface area (Å²) in [5, 5.41) is 1.24. The number of carbonyl (C=O) groups is 1. The van der Waals surface area contributed by atoms with Crippen LogP contribution in [-0.4, -0.2) is 25.0 Å². The molecule has 0 saturated heterocycles. The fourth-order valence-corrected chi connectivity index (χ4v) is 4.37. The van der Waals surface area contributed by atoms with Crippen LogP contribution in [0.1, 0.15) is 15.9 Å². The number of rotatable bonds is 5. The van der Waals surface area contributed by atoms with E-state index in [0.29, 0.717) is 16.3 Å². The Morgan fingerprint density at radius 1 is 0.964 bits per heavy atom. The van der Waals surface area contributed by atoms with Crippen molar-refractivity contribution in [1.82, 2.24) is 4.98 Å². The highest BCUT2D eigenvalue weighted by atomic mass is 35.5. The topological polar surface area (TPSA) is 48.4 Å². The summed E-state index contributed by atoms with van der Waals surface area (Å²) in [6, 6.07) is 16.7. The SMILES string of the molecule is COc1ccc(-c2sc3cc(OC)ccc3c2C(=O)c2ccc(Cl)nc2)cc1. The summed E-state index contributed by atoms with van der Waals surface area (Å²) in [5.41, 5.74) is 2.10. The average Bonchev–Trinajstić information content (AvgIpc) is 3.12. The number of nitrogens with zero attached hydrogens (tertiary/aromatic N) is 1. The van der Waals surface area contributed by atoms with Gasteiger partial charge in [0.1, 0.15) is 16.7 Å². The molecule has 2 heterocycles. The van der Waals surface area contributed by atoms with Crippen LogP contribution < -0.4 is 9.47 Å². The fourth-order valence-electron chi connectivity index (χ4n) is 3.03. The quantitative estimate of drug-likeness (QED) is 0.305. The van der Waals surface area contributed by atoms with Gasteiger partial charge in [0.25, 0.3) is 0 Å². The van der Waals surface area contributed by atoms with Gasteiger partial charge in [-0.25, -0.2) is 4.98 Å². The summed E-state index contributed by atoms with van der Waals surface area (Å²) in [7, 11) is 3.26. The minimum atomic E-state index is -0.0913. The standard InChI is InChI=1S/C22H16ClNO3S/c1-26-15-6-3-13(4-7-15)22-20(21(25)14-5-10-19(23)24-12-14)17-9-8-16(27-2)11-18(17)28-22/h3-12H,1-2H3. The van der Waals surface area contributed by atoms with Gasteiger partial charge in [-0.1, -0.05) is 11.6 Å². The number of fused-ring (bicyclic) bond motifs is 1. The predicted octanol–water partition coefficient (Wildman–Crippen LogP) is 5.86. The van der Waals surface area contributed by atoms with Gasteiger partial charge < -0.3 is 9.47 Å². The van der Waals surface area contributed by atoms with Crippen molar-refractivity contribution in [3.63, 3.8) is 0 Å². The van der Waals surface area contributed by atoms with Crippen LogP contribution in [-0.2, 0) is 0 Å². The first-order chi connectivity index (χ1) is 13.6. The zero-order valence-corrected chi connectivity index (χ0v) is 16.8. The molecule has 28 heavy (non-hydrogen) atoms. The Morgan fingerprint density at radius 2 is 1.68 bits per heavy atom. The van der Waals surface area contributed by atoms with E-state index in [1.807, 2.05) is 42.5 Å². The number of ketones is 1. The third-order valence-electron chi connectivity index (χ3n) is 4.47. The lowest BCUT2D eigenvalue weighted by molar-refractivity contribution is 0.104. The molecule has 0 saturated carbocycles. The minimum absolute atomic E-state index is 0.0913. The van der Waals surface area contributed by atoms with Crippen molar-refractivity contribution in [3.05, 3.63) is 77.1 Å². The van der Waals surface area contributed by atoms with Crippen LogP contribution in [0.25, 0.3) is 20.5 Å². The second-order valence-electron chi connectivity index (χ2n) is 6.10. The summed E-state index contributed by atoms with van der Waals surface area (Å²) >= 11 is 7.44. The van der Waals surface area contributed by atoms with Crippen molar-refractivity contribution < 1.29 is 14.3 Å². The normalized spacial score (nSPS) is 10.8. The maximum absolute atomic E-state index is 13.4. The van der Waals surface area contributed by atoms with Gasteiger partial charge in [0.15, 0.2) is 5.78 Å². The molecule has 0 radical (unpaired) electrons. The van der Waals surface area contributed by atoms with Gasteiger partial charge in [-0.05, 0) is 60.2 Å². The summed E-state index contributed by atoms with van der Waals surface area (Å²) in [6.45, 7) is 0. The monoisotopic (exact) mass is 409 g/mol. The molecule has 0 atom stereocenters. The maximum atomic E-state index is 13.4. The molecule has 0 aliphatic heterocycles. The predicted molar refractivity (Wildman–Crippen MR) is 113 cm³/mol. The number of thiophene rings is 1. The Kier molecular flexibility index (Phi) is 5.03. The van der Waals surface area contributed by atoms with Crippen LogP contribution in [0.4, 0.5) is 0 Å². The molecule has 0 fully saturated rings. The lowest BCUT2D eigenvalue weighted by Crippen LogP contribution is -2.02. The average molecular weight is 410 g/mol. The van der Waals surface area contributed by atoms with Crippen molar-refractivity contribution >= 4 is 38.8 Å². The van der Waals surface area contributed by atoms with Crippen LogP contribution in [0.2, 0.25) is 5.15 Å². The number of ether oxygens (including phenoxy) is 2. The second-order valence-corrected chi connectivity index (χ2v) is 7.53. The van der Waals surface area contributed by atoms with Gasteiger partial charge in [0, 0.05) is 32.3 Å². The molecule has 0 bridgehead atoms. The molecule has 4 nitrogen and oxygen atoms in total. The van der Waals surface area contributed by atoms with E-state index in [9.17, 15) is 4.79 Å². The highest BCUT2D eigenvalue weighted by Gasteiger charge is 2.22. The van der Waals surface area contributed by atoms with E-state index in [0.717, 1.165) is 32.0 Å². The summed E-state index contributed by atoms with van der Waals surface area (Å²) in [5.74, 6) is 1.43. The molecule has 4 aromatic rings. The number of carbonyl (C=O) groups excluding carboxylic acids is 1. The summed E-state index contributed by atoms with van der Waals surface area (Å²) in [6.07, 6.45) is 1.51. The number of pyridine rings is 1. The molecule has 0 N–H and O–H groups in total. The Labute approximate surface area is 171 Å². The van der Waals surface area contributed by atoms with E-state index in [1.54, 1.807) is 37.7 Å². The van der Waals surface area contributed by atoms with E-state index >= 15 is 0 Å². The Hall–Kier alpha value is -2.89. The van der Waals surface area contributed by atoms with Gasteiger partial charge in [-0.3, -0.25) is 4.79 Å². The van der Waals surface area contributed by atoms with Gasteiger partial charge in [-0.15, -0.1) is 11.3 Å². The third-order valence-corrected chi connectivity index (χ3v) is 5.89. The first-order valence-corrected chi connectivity index (χ1v) is 9.71. The van der Waals surface area contributed by atoms with Gasteiger partial charge in [-0.2, -0.15) is 0 Å². The van der Waals surface area contributed by atoms with Crippen LogP contribution in [0.3, 0.4) is 0 Å². The highest BCUT2D eigenvalue weighted by Crippen LogP contribution is 2.41. The molecule has 2 aromatic heterocycles. The molecule has 0 aliphatic rings. The maximum Gasteiger partial charge on any atom is 0.196 e. The van der Waals surface area contributed by atoms with Gasteiger partial charge >= 0.3 is 0 Å². The van der Waals surface area contributed by atoms with Crippen LogP contribution >= 0.6 is 22.9 Å². The highest BCUT2D eigenvalue weighted by molar-refractivity contribution is 7.22. The first-order valence-electron chi connectivity index (χ1n) is 8.52. The van der Waals surface area contributed by atoms with E-state index in [1.165, 1.54) is 6.20 Å². The Balaban J connectivity index is 1.92. The van der Waals surface area contributed by atoms with Crippen molar-refractivity contribution in [2.24, 2.45) is 0 Å². The number of hydrogen-bond acceptors (Lipinski definition) is 5. The van der Waals surface area contributed by atoms with Gasteiger partial charge in [0.2, 0.25) is 0 Å². The lowest BCUT2D eigenvalue weighted by Gasteiger charge is -2.06. The largest absolute Gasteiger partial charge is 0.497 e. The minimum Gasteiger partial charge on any atom is -0.497 e. The third kappa shape index (κ3) is 3.35. The van der Waals surface area contributed by atoms with Crippen molar-refractivity contribution in [3.8, 4) is 21.9 Å². The van der Waals surface area contributed by atoms with Gasteiger partial charge in [0.05, 0.1) is 14.2 Å². The smallest absolute Gasteiger partial charge is 0.196 e. The van der Waals surface area contributed by atoms with E-state index in [-0.39, 0.29) is 5.78 Å². The first kappa shape index (κ1) is 18.5. The molecule has 2 aromatic carbocycles. The molecule has 140 valence electrons. The summed E-state index contributed by atoms with van der Waals surface area (Å²) < 4.78 is 11.6. The van der Waals surface area contributed by atoms with Crippen LogP contribution in [0.5, 0.6) is 11.5 Å². The van der Waals surface area contributed by atoms with Crippen molar-refractivity contribution in [2.45, 2.75) is 0 Å². The van der Waals surface area contributed by atoms with E-state index in [4.69, 9.17) is 21.1 Å². The molecule has 6 heteroatoms.